The average molecular weight is 1320 g/mol. The van der Waals surface area contributed by atoms with Crippen LogP contribution in [0.3, 0.4) is 0 Å². The quantitative estimate of drug-likeness (QED) is 0.0177. The molecule has 1 saturated carbocycles. The average Bonchev–Trinajstić information content (AvgIpc) is 1.30. The number of hydrogen-bond donors (Lipinski definition) is 6. The predicted molar refractivity (Wildman–Crippen MR) is 352 cm³/mol. The summed E-state index contributed by atoms with van der Waals surface area (Å²) in [6.45, 7) is 9.56. The molecule has 95 heavy (non-hydrogen) atoms. The molecule has 7 rings (SSSR count). The fourth-order valence-electron chi connectivity index (χ4n) is 10.8. The summed E-state index contributed by atoms with van der Waals surface area (Å²) in [6, 6.07) is 35.1. The zero-order valence-electron chi connectivity index (χ0n) is 54.6. The van der Waals surface area contributed by atoms with Gasteiger partial charge in [-0.3, -0.25) is 39.0 Å². The van der Waals surface area contributed by atoms with Crippen molar-refractivity contribution in [3.05, 3.63) is 161 Å². The van der Waals surface area contributed by atoms with Gasteiger partial charge in [-0.15, -0.1) is 5.10 Å². The van der Waals surface area contributed by atoms with Crippen LogP contribution in [0.1, 0.15) is 78.5 Å². The number of amides is 6. The number of benzene rings is 4. The Balaban J connectivity index is 0.622. The lowest BCUT2D eigenvalue weighted by molar-refractivity contribution is -0.138. The van der Waals surface area contributed by atoms with Gasteiger partial charge in [0.2, 0.25) is 23.6 Å². The number of rotatable bonds is 49. The molecule has 1 fully saturated rings. The van der Waals surface area contributed by atoms with Crippen LogP contribution in [0.5, 0.6) is 0 Å². The molecular formula is C70H95N9O16. The third-order valence-corrected chi connectivity index (χ3v) is 16.0. The summed E-state index contributed by atoms with van der Waals surface area (Å²) in [6.07, 6.45) is 9.01. The largest absolute Gasteiger partial charge is 0.392 e. The zero-order valence-corrected chi connectivity index (χ0v) is 54.6. The van der Waals surface area contributed by atoms with Crippen LogP contribution in [0, 0.1) is 18.8 Å². The summed E-state index contributed by atoms with van der Waals surface area (Å²) in [5, 5.41) is 33.0. The van der Waals surface area contributed by atoms with Crippen molar-refractivity contribution in [3.8, 4) is 0 Å². The number of carbonyl (C=O) groups is 6. The molecule has 6 N–H and O–H groups in total. The van der Waals surface area contributed by atoms with Crippen LogP contribution in [0.15, 0.2) is 128 Å². The van der Waals surface area contributed by atoms with E-state index in [0.717, 1.165) is 35.1 Å². The summed E-state index contributed by atoms with van der Waals surface area (Å²) in [7, 11) is 0. The van der Waals surface area contributed by atoms with Gasteiger partial charge in [-0.25, -0.2) is 4.68 Å². The SMILES string of the molecule is Cc1ccc(C(NCCCC[C@@H](NC(=O)COCC(=O)NCCOCCOCCOCCOCCOCCOCCOCCOCCn2cc(CNC(=O)C3CCC(CN4C(=O)C=CC4=O)CC3)nn2)C(=O)Nc2ccc(CO)cc2)(c2ccccc2)c2ccccc2)cc1. The van der Waals surface area contributed by atoms with Gasteiger partial charge in [0.05, 0.1) is 137 Å². The highest BCUT2D eigenvalue weighted by Gasteiger charge is 2.36. The topological polar surface area (TPSA) is 300 Å². The Bertz CT molecular complexity index is 3000. The third-order valence-electron chi connectivity index (χ3n) is 16.0. The monoisotopic (exact) mass is 1320 g/mol. The number of ether oxygens (including phenoxy) is 9. The minimum Gasteiger partial charge on any atom is -0.392 e. The van der Waals surface area contributed by atoms with Crippen LogP contribution in [0.2, 0.25) is 0 Å². The van der Waals surface area contributed by atoms with E-state index in [0.29, 0.717) is 168 Å². The Morgan fingerprint density at radius 1 is 0.579 bits per heavy atom. The van der Waals surface area contributed by atoms with Crippen LogP contribution in [0.4, 0.5) is 5.69 Å². The van der Waals surface area contributed by atoms with Crippen molar-refractivity contribution in [2.75, 3.05) is 144 Å². The molecule has 0 spiro atoms. The van der Waals surface area contributed by atoms with Crippen LogP contribution >= 0.6 is 0 Å². The number of aryl methyl sites for hydroxylation is 1. The second-order valence-corrected chi connectivity index (χ2v) is 23.0. The first-order chi connectivity index (χ1) is 46.5. The second-order valence-electron chi connectivity index (χ2n) is 23.0. The second kappa shape index (κ2) is 43.4. The number of nitrogens with zero attached hydrogens (tertiary/aromatic N) is 4. The molecule has 25 nitrogen and oxygen atoms in total. The van der Waals surface area contributed by atoms with E-state index >= 15 is 0 Å². The van der Waals surface area contributed by atoms with Crippen molar-refractivity contribution in [1.82, 2.24) is 41.2 Å². The molecule has 0 unspecified atom stereocenters. The van der Waals surface area contributed by atoms with Crippen molar-refractivity contribution >= 4 is 41.1 Å². The van der Waals surface area contributed by atoms with E-state index in [1.165, 1.54) is 17.1 Å². The minimum atomic E-state index is -0.896. The molecule has 1 atom stereocenters. The molecule has 2 aliphatic rings. The van der Waals surface area contributed by atoms with Gasteiger partial charge >= 0.3 is 0 Å². The highest BCUT2D eigenvalue weighted by atomic mass is 16.6. The maximum absolute atomic E-state index is 13.7. The molecule has 0 radical (unpaired) electrons. The molecule has 516 valence electrons. The maximum atomic E-state index is 13.7. The first-order valence-electron chi connectivity index (χ1n) is 32.9. The number of aliphatic hydroxyl groups is 1. The Labute approximate surface area is 556 Å². The number of aromatic nitrogens is 3. The van der Waals surface area contributed by atoms with E-state index in [1.54, 1.807) is 35.1 Å². The lowest BCUT2D eigenvalue weighted by Gasteiger charge is -2.37. The highest BCUT2D eigenvalue weighted by Crippen LogP contribution is 2.37. The molecule has 5 aromatic rings. The maximum Gasteiger partial charge on any atom is 0.253 e. The van der Waals surface area contributed by atoms with Gasteiger partial charge in [0.15, 0.2) is 0 Å². The van der Waals surface area contributed by atoms with Crippen molar-refractivity contribution in [1.29, 1.82) is 0 Å². The van der Waals surface area contributed by atoms with Crippen molar-refractivity contribution in [2.24, 2.45) is 11.8 Å². The lowest BCUT2D eigenvalue weighted by Crippen LogP contribution is -2.46. The zero-order chi connectivity index (χ0) is 67.0. The Kier molecular flexibility index (Phi) is 34.2. The van der Waals surface area contributed by atoms with E-state index in [9.17, 15) is 33.9 Å². The molecule has 2 heterocycles. The van der Waals surface area contributed by atoms with E-state index in [2.05, 4.69) is 92.4 Å². The van der Waals surface area contributed by atoms with E-state index < -0.39 is 35.9 Å². The molecule has 0 saturated heterocycles. The lowest BCUT2D eigenvalue weighted by atomic mass is 9.76. The van der Waals surface area contributed by atoms with Crippen molar-refractivity contribution < 1.29 is 76.5 Å². The van der Waals surface area contributed by atoms with Gasteiger partial charge in [0, 0.05) is 36.8 Å². The summed E-state index contributed by atoms with van der Waals surface area (Å²) in [5.74, 6) is -1.80. The van der Waals surface area contributed by atoms with E-state index in [-0.39, 0.29) is 62.5 Å². The van der Waals surface area contributed by atoms with Crippen molar-refractivity contribution in [3.63, 3.8) is 0 Å². The smallest absolute Gasteiger partial charge is 0.253 e. The van der Waals surface area contributed by atoms with E-state index in [1.807, 2.05) is 36.4 Å². The van der Waals surface area contributed by atoms with Gasteiger partial charge in [0.25, 0.3) is 11.8 Å². The standard InChI is InChI=1S/C70H95N9O16/c1-54-15-23-60(24-16-54)70(58-10-4-2-5-11-58,59-12-6-3-7-13-59)73-29-9-8-14-63(69(86)74-61-25-19-56(51-80)20-26-61)75-65(82)53-95-52-64(81)71-30-32-87-34-36-89-38-40-91-42-44-93-46-47-94-45-43-92-41-39-90-37-35-88-33-31-78-50-62(76-77-78)48-72-68(85)57-21-17-55(18-22-57)49-79-66(83)27-28-67(79)84/h2-7,10-13,15-16,19-20,23-28,50,55,57,63,73,80H,8-9,14,17-18,21-22,29-49,51-53H2,1H3,(H,71,81)(H,72,85)(H,74,86)(H,75,82)/t55?,57?,63-/m1/s1. The summed E-state index contributed by atoms with van der Waals surface area (Å²) < 4.78 is 51.7. The normalized spacial score (nSPS) is 15.1. The van der Waals surface area contributed by atoms with Crippen LogP contribution < -0.4 is 26.6 Å². The van der Waals surface area contributed by atoms with Gasteiger partial charge in [-0.2, -0.15) is 0 Å². The number of aliphatic hydroxyl groups excluding tert-OH is 1. The molecule has 1 aromatic heterocycles. The fraction of sp³-hybridized carbons (Fsp3) is 0.514. The molecule has 1 aliphatic heterocycles. The van der Waals surface area contributed by atoms with Gasteiger partial charge in [-0.05, 0) is 98.7 Å². The molecule has 25 heteroatoms. The Hall–Kier alpha value is -7.66. The molecule has 4 aromatic carbocycles. The van der Waals surface area contributed by atoms with Crippen LogP contribution in [-0.4, -0.2) is 205 Å². The first-order valence-corrected chi connectivity index (χ1v) is 32.9. The number of anilines is 1. The summed E-state index contributed by atoms with van der Waals surface area (Å²) in [5.41, 5.74) is 5.66. The summed E-state index contributed by atoms with van der Waals surface area (Å²) in [4.78, 5) is 77.2. The Morgan fingerprint density at radius 2 is 1.09 bits per heavy atom. The molecule has 0 bridgehead atoms. The van der Waals surface area contributed by atoms with Gasteiger partial charge in [0.1, 0.15) is 24.9 Å². The molecule has 6 amide bonds. The molecule has 1 aliphatic carbocycles. The van der Waals surface area contributed by atoms with E-state index in [4.69, 9.17) is 42.6 Å². The van der Waals surface area contributed by atoms with Crippen molar-refractivity contribution in [2.45, 2.75) is 83.1 Å². The number of nitrogens with one attached hydrogen (secondary N) is 5. The van der Waals surface area contributed by atoms with Gasteiger partial charge in [-0.1, -0.05) is 108 Å². The van der Waals surface area contributed by atoms with Gasteiger partial charge < -0.3 is 69.0 Å². The fourth-order valence-corrected chi connectivity index (χ4v) is 10.8. The number of imide groups is 1. The Morgan fingerprint density at radius 3 is 1.64 bits per heavy atom. The number of unbranched alkanes of at least 4 members (excludes halogenated alkanes) is 1. The van der Waals surface area contributed by atoms with Crippen LogP contribution in [0.25, 0.3) is 0 Å². The summed E-state index contributed by atoms with van der Waals surface area (Å²) >= 11 is 0. The predicted octanol–water partition coefficient (Wildman–Crippen LogP) is 4.57. The minimum absolute atomic E-state index is 0.0212. The first kappa shape index (κ1) is 74.7. The number of carbonyl (C=O) groups excluding carboxylic acids is 6. The number of hydrogen-bond acceptors (Lipinski definition) is 19. The third kappa shape index (κ3) is 27.2. The highest BCUT2D eigenvalue weighted by molar-refractivity contribution is 6.12. The van der Waals surface area contributed by atoms with Crippen LogP contribution in [-0.2, 0) is 96.6 Å². The molecular weight excluding hydrogens is 1220 g/mol.